The Labute approximate surface area is 211 Å². The lowest BCUT2D eigenvalue weighted by Crippen LogP contribution is -2.39. The molecule has 2 aromatic heterocycles. The third-order valence-corrected chi connectivity index (χ3v) is 7.71. The number of fused-ring (bicyclic) bond motifs is 1. The number of esters is 1. The molecule has 172 valence electrons. The average molecular weight is 596 g/mol. The Kier molecular flexibility index (Phi) is 7.05. The van der Waals surface area contributed by atoms with Crippen LogP contribution in [0.1, 0.15) is 37.3 Å². The number of thiophene rings is 1. The number of aromatic hydroxyl groups is 1. The van der Waals surface area contributed by atoms with Crippen LogP contribution in [0.15, 0.2) is 50.7 Å². The van der Waals surface area contributed by atoms with Gasteiger partial charge in [-0.15, -0.1) is 11.3 Å². The number of halogens is 1. The van der Waals surface area contributed by atoms with Crippen LogP contribution in [-0.4, -0.2) is 28.9 Å². The minimum absolute atomic E-state index is 0.0726. The Hall–Kier alpha value is -2.44. The van der Waals surface area contributed by atoms with Crippen molar-refractivity contribution in [3.05, 3.63) is 74.6 Å². The topological polar surface area (TPSA) is 90.1 Å². The number of ether oxygens (including phenoxy) is 2. The average Bonchev–Trinajstić information content (AvgIpc) is 3.40. The molecule has 0 spiro atoms. The molecular formula is C23H21IN2O5S2. The van der Waals surface area contributed by atoms with Crippen molar-refractivity contribution in [3.8, 4) is 11.5 Å². The van der Waals surface area contributed by atoms with Gasteiger partial charge in [0.25, 0.3) is 5.56 Å². The number of phenols is 1. The molecule has 0 fully saturated rings. The van der Waals surface area contributed by atoms with Crippen LogP contribution >= 0.6 is 45.3 Å². The van der Waals surface area contributed by atoms with Crippen molar-refractivity contribution >= 4 is 57.3 Å². The van der Waals surface area contributed by atoms with E-state index in [4.69, 9.17) is 9.47 Å². The summed E-state index contributed by atoms with van der Waals surface area (Å²) >= 11 is 4.76. The van der Waals surface area contributed by atoms with Crippen LogP contribution in [0.25, 0.3) is 6.08 Å². The number of aromatic nitrogens is 1. The van der Waals surface area contributed by atoms with E-state index in [0.29, 0.717) is 36.5 Å². The van der Waals surface area contributed by atoms with E-state index in [1.807, 2.05) is 47.0 Å². The lowest BCUT2D eigenvalue weighted by atomic mass is 10.0. The zero-order valence-corrected chi connectivity index (χ0v) is 21.9. The Morgan fingerprint density at radius 3 is 2.79 bits per heavy atom. The maximum atomic E-state index is 13.5. The van der Waals surface area contributed by atoms with Crippen molar-refractivity contribution in [2.45, 2.75) is 26.8 Å². The number of rotatable bonds is 6. The van der Waals surface area contributed by atoms with Crippen molar-refractivity contribution < 1.29 is 19.4 Å². The second kappa shape index (κ2) is 9.82. The summed E-state index contributed by atoms with van der Waals surface area (Å²) in [7, 11) is 0. The van der Waals surface area contributed by atoms with Gasteiger partial charge in [0.2, 0.25) is 0 Å². The van der Waals surface area contributed by atoms with Gasteiger partial charge in [-0.3, -0.25) is 9.36 Å². The number of hydrogen-bond acceptors (Lipinski definition) is 8. The first kappa shape index (κ1) is 23.7. The molecule has 4 rings (SSSR count). The summed E-state index contributed by atoms with van der Waals surface area (Å²) in [6.45, 7) is 6.00. The molecule has 0 bridgehead atoms. The maximum Gasteiger partial charge on any atom is 0.338 e. The normalized spacial score (nSPS) is 15.9. The van der Waals surface area contributed by atoms with Crippen molar-refractivity contribution in [1.29, 1.82) is 0 Å². The van der Waals surface area contributed by atoms with Gasteiger partial charge in [0.15, 0.2) is 16.3 Å². The van der Waals surface area contributed by atoms with Gasteiger partial charge in [-0.1, -0.05) is 17.4 Å². The highest BCUT2D eigenvalue weighted by Crippen LogP contribution is 2.34. The minimum atomic E-state index is -0.596. The number of benzene rings is 1. The molecule has 0 aliphatic carbocycles. The highest BCUT2D eigenvalue weighted by atomic mass is 127. The van der Waals surface area contributed by atoms with Crippen LogP contribution in [0.3, 0.4) is 0 Å². The fraction of sp³-hybridized carbons (Fsp3) is 0.261. The SMILES string of the molecule is CCOC(=O)C1=C(C)N=c2sc(=Cc3cc(I)c(O)c(OCC)c3)c(=O)n2[C@@H]1c1cccs1. The smallest absolute Gasteiger partial charge is 0.338 e. The van der Waals surface area contributed by atoms with Crippen LogP contribution in [0.5, 0.6) is 11.5 Å². The second-order valence-corrected chi connectivity index (χ2v) is 10.3. The highest BCUT2D eigenvalue weighted by Gasteiger charge is 2.33. The number of hydrogen-bond donors (Lipinski definition) is 1. The van der Waals surface area contributed by atoms with E-state index in [-0.39, 0.29) is 17.9 Å². The van der Waals surface area contributed by atoms with E-state index in [0.717, 1.165) is 10.4 Å². The first-order valence-electron chi connectivity index (χ1n) is 10.2. The summed E-state index contributed by atoms with van der Waals surface area (Å²) in [5, 5.41) is 12.1. The van der Waals surface area contributed by atoms with Crippen LogP contribution in [0.4, 0.5) is 0 Å². The summed E-state index contributed by atoms with van der Waals surface area (Å²) in [4.78, 5) is 32.3. The van der Waals surface area contributed by atoms with Crippen molar-refractivity contribution in [2.75, 3.05) is 13.2 Å². The zero-order chi connectivity index (χ0) is 23.7. The van der Waals surface area contributed by atoms with Crippen LogP contribution < -0.4 is 19.6 Å². The fourth-order valence-corrected chi connectivity index (χ4v) is 6.10. The van der Waals surface area contributed by atoms with Gasteiger partial charge < -0.3 is 14.6 Å². The summed E-state index contributed by atoms with van der Waals surface area (Å²) in [6.07, 6.45) is 1.75. The lowest BCUT2D eigenvalue weighted by molar-refractivity contribution is -0.139. The highest BCUT2D eigenvalue weighted by molar-refractivity contribution is 14.1. The monoisotopic (exact) mass is 596 g/mol. The predicted octanol–water partition coefficient (Wildman–Crippen LogP) is 3.57. The standard InChI is InChI=1S/C23H21IN2O5S2/c1-4-30-15-10-13(9-14(24)20(15)27)11-17-21(28)26-19(16-7-6-8-32-16)18(22(29)31-5-2)12(3)25-23(26)33-17/h6-11,19,27H,4-5H2,1-3H3/t19-/m1/s1. The molecular weight excluding hydrogens is 575 g/mol. The van der Waals surface area contributed by atoms with E-state index >= 15 is 0 Å². The van der Waals surface area contributed by atoms with Gasteiger partial charge in [-0.25, -0.2) is 9.79 Å². The fourth-order valence-electron chi connectivity index (χ4n) is 3.60. The summed E-state index contributed by atoms with van der Waals surface area (Å²) in [6, 6.07) is 6.68. The molecule has 33 heavy (non-hydrogen) atoms. The molecule has 1 N–H and O–H groups in total. The third-order valence-electron chi connectivity index (χ3n) is 4.98. The molecule has 3 heterocycles. The zero-order valence-electron chi connectivity index (χ0n) is 18.1. The van der Waals surface area contributed by atoms with Crippen LogP contribution in [-0.2, 0) is 9.53 Å². The molecule has 7 nitrogen and oxygen atoms in total. The molecule has 0 saturated carbocycles. The van der Waals surface area contributed by atoms with Crippen molar-refractivity contribution in [3.63, 3.8) is 0 Å². The van der Waals surface area contributed by atoms with Gasteiger partial charge in [0, 0.05) is 4.88 Å². The van der Waals surface area contributed by atoms with Crippen molar-refractivity contribution in [1.82, 2.24) is 4.57 Å². The first-order chi connectivity index (χ1) is 15.8. The second-order valence-electron chi connectivity index (χ2n) is 7.10. The van der Waals surface area contributed by atoms with E-state index in [1.165, 1.54) is 22.7 Å². The Bertz CT molecular complexity index is 1420. The van der Waals surface area contributed by atoms with Crippen LogP contribution in [0, 0.1) is 3.57 Å². The van der Waals surface area contributed by atoms with Gasteiger partial charge >= 0.3 is 5.97 Å². The summed E-state index contributed by atoms with van der Waals surface area (Å²) in [5.74, 6) is -0.0373. The van der Waals surface area contributed by atoms with E-state index in [2.05, 4.69) is 4.99 Å². The van der Waals surface area contributed by atoms with Gasteiger partial charge in [0.05, 0.1) is 32.6 Å². The molecule has 0 saturated heterocycles. The first-order valence-corrected chi connectivity index (χ1v) is 13.0. The molecule has 0 unspecified atom stereocenters. The number of nitrogens with zero attached hydrogens (tertiary/aromatic N) is 2. The largest absolute Gasteiger partial charge is 0.504 e. The predicted molar refractivity (Wildman–Crippen MR) is 137 cm³/mol. The van der Waals surface area contributed by atoms with Gasteiger partial charge in [-0.2, -0.15) is 0 Å². The van der Waals surface area contributed by atoms with Gasteiger partial charge in [0.1, 0.15) is 6.04 Å². The Morgan fingerprint density at radius 2 is 2.12 bits per heavy atom. The quantitative estimate of drug-likeness (QED) is 0.347. The Morgan fingerprint density at radius 1 is 1.33 bits per heavy atom. The van der Waals surface area contributed by atoms with E-state index in [9.17, 15) is 14.7 Å². The summed E-state index contributed by atoms with van der Waals surface area (Å²) < 4.78 is 13.5. The lowest BCUT2D eigenvalue weighted by Gasteiger charge is -2.23. The molecule has 1 atom stereocenters. The minimum Gasteiger partial charge on any atom is -0.504 e. The summed E-state index contributed by atoms with van der Waals surface area (Å²) in [5.41, 5.74) is 1.39. The molecule has 0 amide bonds. The Balaban J connectivity index is 1.91. The van der Waals surface area contributed by atoms with E-state index in [1.54, 1.807) is 36.6 Å². The van der Waals surface area contributed by atoms with Crippen molar-refractivity contribution in [2.24, 2.45) is 4.99 Å². The number of carbonyl (C=O) groups is 1. The maximum absolute atomic E-state index is 13.5. The van der Waals surface area contributed by atoms with E-state index < -0.39 is 12.0 Å². The molecule has 1 aliphatic rings. The number of phenolic OH excluding ortho intramolecular Hbond substituents is 1. The number of carbonyl (C=O) groups excluding carboxylic acids is 1. The third kappa shape index (κ3) is 4.51. The van der Waals surface area contributed by atoms with Gasteiger partial charge in [-0.05, 0) is 78.6 Å². The molecule has 1 aromatic carbocycles. The van der Waals surface area contributed by atoms with Crippen LogP contribution in [0.2, 0.25) is 0 Å². The molecule has 1 aliphatic heterocycles. The molecule has 3 aromatic rings. The molecule has 0 radical (unpaired) electrons. The molecule has 10 heteroatoms. The number of thiazole rings is 1. The number of allylic oxidation sites excluding steroid dienone is 1.